The molecule has 0 unspecified atom stereocenters. The summed E-state index contributed by atoms with van der Waals surface area (Å²) in [6, 6.07) is 0. The number of ether oxygens (including phenoxy) is 1. The molecule has 0 spiro atoms. The maximum absolute atomic E-state index is 10.4. The molecule has 0 N–H and O–H groups in total. The largest absolute Gasteiger partial charge is 0.497 e. The van der Waals surface area contributed by atoms with Crippen molar-refractivity contribution in [1.29, 1.82) is 0 Å². The van der Waals surface area contributed by atoms with Crippen LogP contribution in [0.5, 0.6) is 0 Å². The van der Waals surface area contributed by atoms with Crippen molar-refractivity contribution >= 4 is 5.78 Å². The molecule has 0 atom stereocenters. The van der Waals surface area contributed by atoms with Gasteiger partial charge < -0.3 is 4.74 Å². The van der Waals surface area contributed by atoms with E-state index in [0.29, 0.717) is 5.76 Å². The first-order valence-corrected chi connectivity index (χ1v) is 2.30. The smallest absolute Gasteiger partial charge is 0.182 e. The number of allylic oxidation sites excluding steroid dienone is 3. The average molecular weight is 110 g/mol. The van der Waals surface area contributed by atoms with Crippen LogP contribution in [0.25, 0.3) is 0 Å². The normalized spacial score (nSPS) is 16.6. The first-order valence-electron chi connectivity index (χ1n) is 2.30. The van der Waals surface area contributed by atoms with E-state index in [0.717, 1.165) is 0 Å². The van der Waals surface area contributed by atoms with Crippen molar-refractivity contribution in [3.8, 4) is 0 Å². The number of hydrogen-bond donors (Lipinski definition) is 0. The van der Waals surface area contributed by atoms with Crippen molar-refractivity contribution in [2.24, 2.45) is 0 Å². The van der Waals surface area contributed by atoms with E-state index >= 15 is 0 Å². The summed E-state index contributed by atoms with van der Waals surface area (Å²) in [4.78, 5) is 10.4. The predicted octanol–water partition coefficient (Wildman–Crippen LogP) is 0.656. The van der Waals surface area contributed by atoms with Gasteiger partial charge in [-0.2, -0.15) is 0 Å². The SMILES string of the molecule is COC1=CC(=O)C=C1. The van der Waals surface area contributed by atoms with Crippen molar-refractivity contribution in [2.45, 2.75) is 0 Å². The fraction of sp³-hybridized carbons (Fsp3) is 0.167. The Morgan fingerprint density at radius 2 is 2.25 bits per heavy atom. The molecule has 0 saturated heterocycles. The monoisotopic (exact) mass is 110 g/mol. The minimum absolute atomic E-state index is 0.00171. The Balaban J connectivity index is 2.72. The molecule has 0 aromatic rings. The molecule has 0 heterocycles. The van der Waals surface area contributed by atoms with Crippen LogP contribution in [-0.2, 0) is 9.53 Å². The van der Waals surface area contributed by atoms with Gasteiger partial charge in [-0.25, -0.2) is 0 Å². The third-order valence-electron chi connectivity index (χ3n) is 0.932. The van der Waals surface area contributed by atoms with Gasteiger partial charge >= 0.3 is 0 Å². The maximum atomic E-state index is 10.4. The van der Waals surface area contributed by atoms with Crippen molar-refractivity contribution in [3.63, 3.8) is 0 Å². The third-order valence-corrected chi connectivity index (χ3v) is 0.932. The standard InChI is InChI=1S/C6H6O2/c1-8-6-3-2-5(7)4-6/h2-4H,1H3. The van der Waals surface area contributed by atoms with Crippen LogP contribution in [-0.4, -0.2) is 12.9 Å². The van der Waals surface area contributed by atoms with E-state index in [2.05, 4.69) is 0 Å². The number of carbonyl (C=O) groups excluding carboxylic acids is 1. The highest BCUT2D eigenvalue weighted by atomic mass is 16.5. The van der Waals surface area contributed by atoms with Gasteiger partial charge in [0.05, 0.1) is 7.11 Å². The number of ketones is 1. The van der Waals surface area contributed by atoms with E-state index in [1.54, 1.807) is 6.08 Å². The molecule has 1 aliphatic rings. The summed E-state index contributed by atoms with van der Waals surface area (Å²) < 4.78 is 4.74. The lowest BCUT2D eigenvalue weighted by atomic mass is 10.4. The fourth-order valence-electron chi connectivity index (χ4n) is 0.528. The van der Waals surface area contributed by atoms with Crippen LogP contribution in [0.15, 0.2) is 24.0 Å². The molecule has 0 bridgehead atoms. The number of hydrogen-bond acceptors (Lipinski definition) is 2. The van der Waals surface area contributed by atoms with E-state index in [4.69, 9.17) is 4.74 Å². The van der Waals surface area contributed by atoms with Gasteiger partial charge in [-0.05, 0) is 12.2 Å². The Labute approximate surface area is 47.5 Å². The van der Waals surface area contributed by atoms with E-state index in [1.807, 2.05) is 0 Å². The van der Waals surface area contributed by atoms with Crippen LogP contribution in [0.2, 0.25) is 0 Å². The molecule has 1 aliphatic carbocycles. The topological polar surface area (TPSA) is 26.3 Å². The molecule has 0 aromatic heterocycles. The van der Waals surface area contributed by atoms with Gasteiger partial charge in [-0.3, -0.25) is 4.79 Å². The van der Waals surface area contributed by atoms with E-state index < -0.39 is 0 Å². The first-order chi connectivity index (χ1) is 3.83. The van der Waals surface area contributed by atoms with E-state index in [1.165, 1.54) is 19.3 Å². The second-order valence-corrected chi connectivity index (χ2v) is 1.49. The van der Waals surface area contributed by atoms with Crippen molar-refractivity contribution in [2.75, 3.05) is 7.11 Å². The number of carbonyl (C=O) groups is 1. The Kier molecular flexibility index (Phi) is 1.16. The molecule has 42 valence electrons. The van der Waals surface area contributed by atoms with Crippen molar-refractivity contribution < 1.29 is 9.53 Å². The molecule has 1 rings (SSSR count). The van der Waals surface area contributed by atoms with Gasteiger partial charge in [0, 0.05) is 6.08 Å². The van der Waals surface area contributed by atoms with Gasteiger partial charge in [-0.1, -0.05) is 0 Å². The van der Waals surface area contributed by atoms with Crippen LogP contribution in [0.1, 0.15) is 0 Å². The average Bonchev–Trinajstić information content (AvgIpc) is 2.14. The summed E-state index contributed by atoms with van der Waals surface area (Å²) in [5.41, 5.74) is 0. The molecular formula is C6H6O2. The second kappa shape index (κ2) is 1.82. The second-order valence-electron chi connectivity index (χ2n) is 1.49. The highest BCUT2D eigenvalue weighted by Crippen LogP contribution is 2.04. The molecule has 2 heteroatoms. The van der Waals surface area contributed by atoms with Crippen LogP contribution in [0, 0.1) is 0 Å². The summed E-state index contributed by atoms with van der Waals surface area (Å²) in [5, 5.41) is 0. The Bertz CT molecular complexity index is 165. The number of rotatable bonds is 1. The lowest BCUT2D eigenvalue weighted by Gasteiger charge is -1.90. The Morgan fingerprint density at radius 1 is 1.50 bits per heavy atom. The van der Waals surface area contributed by atoms with Crippen LogP contribution >= 0.6 is 0 Å². The van der Waals surface area contributed by atoms with Crippen molar-refractivity contribution in [3.05, 3.63) is 24.0 Å². The van der Waals surface area contributed by atoms with Gasteiger partial charge in [0.25, 0.3) is 0 Å². The molecule has 0 aromatic carbocycles. The van der Waals surface area contributed by atoms with Gasteiger partial charge in [-0.15, -0.1) is 0 Å². The summed E-state index contributed by atoms with van der Waals surface area (Å²) in [5.74, 6) is 0.636. The first kappa shape index (κ1) is 5.09. The fourth-order valence-corrected chi connectivity index (χ4v) is 0.528. The van der Waals surface area contributed by atoms with Crippen molar-refractivity contribution in [1.82, 2.24) is 0 Å². The summed E-state index contributed by atoms with van der Waals surface area (Å²) in [7, 11) is 1.54. The molecule has 0 saturated carbocycles. The molecule has 0 radical (unpaired) electrons. The maximum Gasteiger partial charge on any atom is 0.182 e. The molecule has 0 fully saturated rings. The highest BCUT2D eigenvalue weighted by Gasteiger charge is 2.01. The lowest BCUT2D eigenvalue weighted by molar-refractivity contribution is -0.110. The number of methoxy groups -OCH3 is 1. The molecule has 2 nitrogen and oxygen atoms in total. The van der Waals surface area contributed by atoms with Gasteiger partial charge in [0.1, 0.15) is 5.76 Å². The summed E-state index contributed by atoms with van der Waals surface area (Å²) in [6.45, 7) is 0. The zero-order chi connectivity index (χ0) is 5.98. The van der Waals surface area contributed by atoms with Crippen LogP contribution in [0.4, 0.5) is 0 Å². The zero-order valence-corrected chi connectivity index (χ0v) is 4.55. The molecular weight excluding hydrogens is 104 g/mol. The minimum atomic E-state index is 0.00171. The van der Waals surface area contributed by atoms with Crippen LogP contribution < -0.4 is 0 Å². The van der Waals surface area contributed by atoms with Crippen LogP contribution in [0.3, 0.4) is 0 Å². The molecule has 8 heavy (non-hydrogen) atoms. The van der Waals surface area contributed by atoms with Gasteiger partial charge in [0.15, 0.2) is 5.78 Å². The lowest BCUT2D eigenvalue weighted by Crippen LogP contribution is -1.80. The Hall–Kier alpha value is -1.05. The summed E-state index contributed by atoms with van der Waals surface area (Å²) in [6.07, 6.45) is 4.56. The Morgan fingerprint density at radius 3 is 2.50 bits per heavy atom. The van der Waals surface area contributed by atoms with E-state index in [9.17, 15) is 4.79 Å². The van der Waals surface area contributed by atoms with Gasteiger partial charge in [0.2, 0.25) is 0 Å². The quantitative estimate of drug-likeness (QED) is 0.495. The molecule has 0 aliphatic heterocycles. The highest BCUT2D eigenvalue weighted by molar-refractivity contribution is 6.02. The van der Waals surface area contributed by atoms with E-state index in [-0.39, 0.29) is 5.78 Å². The summed E-state index contributed by atoms with van der Waals surface area (Å²) >= 11 is 0. The zero-order valence-electron chi connectivity index (χ0n) is 4.55. The molecule has 0 amide bonds. The minimum Gasteiger partial charge on any atom is -0.497 e. The third kappa shape index (κ3) is 0.780. The predicted molar refractivity (Wildman–Crippen MR) is 29.2 cm³/mol.